The maximum atomic E-state index is 12.4. The maximum absolute atomic E-state index is 12.4. The summed E-state index contributed by atoms with van der Waals surface area (Å²) in [6, 6.07) is 5.42. The van der Waals surface area contributed by atoms with Gasteiger partial charge in [-0.2, -0.15) is 0 Å². The van der Waals surface area contributed by atoms with Crippen LogP contribution in [0.1, 0.15) is 15.2 Å². The van der Waals surface area contributed by atoms with Crippen molar-refractivity contribution in [1.82, 2.24) is 15.0 Å². The van der Waals surface area contributed by atoms with Crippen molar-refractivity contribution >= 4 is 57.1 Å². The van der Waals surface area contributed by atoms with Crippen LogP contribution >= 0.6 is 34.5 Å². The number of hydrogen-bond acceptors (Lipinski definition) is 6. The quantitative estimate of drug-likeness (QED) is 0.695. The van der Waals surface area contributed by atoms with Gasteiger partial charge in [-0.25, -0.2) is 15.0 Å². The Hall–Kier alpha value is -2.22. The lowest BCUT2D eigenvalue weighted by atomic mass is 10.2. The van der Waals surface area contributed by atoms with Crippen molar-refractivity contribution in [2.45, 2.75) is 6.92 Å². The lowest BCUT2D eigenvalue weighted by Gasteiger charge is -2.08. The van der Waals surface area contributed by atoms with E-state index in [-0.39, 0.29) is 11.1 Å². The number of aromatic nitrogens is 3. The van der Waals surface area contributed by atoms with Gasteiger partial charge in [0.15, 0.2) is 16.1 Å². The maximum Gasteiger partial charge on any atom is 0.267 e. The van der Waals surface area contributed by atoms with Crippen LogP contribution in [-0.4, -0.2) is 20.9 Å². The summed E-state index contributed by atoms with van der Waals surface area (Å²) >= 11 is 13.2. The van der Waals surface area contributed by atoms with Crippen LogP contribution in [0, 0.1) is 6.92 Å². The Morgan fingerprint density at radius 3 is 2.71 bits per heavy atom. The fourth-order valence-corrected chi connectivity index (χ4v) is 3.04. The van der Waals surface area contributed by atoms with Crippen molar-refractivity contribution in [3.63, 3.8) is 0 Å². The van der Waals surface area contributed by atoms with Crippen LogP contribution in [-0.2, 0) is 0 Å². The molecule has 0 fully saturated rings. The van der Waals surface area contributed by atoms with E-state index in [0.29, 0.717) is 26.5 Å². The highest BCUT2D eigenvalue weighted by Gasteiger charge is 2.14. The average Bonchev–Trinajstić information content (AvgIpc) is 3.02. The van der Waals surface area contributed by atoms with Crippen LogP contribution < -0.4 is 10.6 Å². The second kappa shape index (κ2) is 7.12. The van der Waals surface area contributed by atoms with E-state index < -0.39 is 0 Å². The molecular formula is C15H11Cl2N5OS. The zero-order chi connectivity index (χ0) is 17.1. The van der Waals surface area contributed by atoms with Crippen LogP contribution in [0.25, 0.3) is 0 Å². The summed E-state index contributed by atoms with van der Waals surface area (Å²) in [6.07, 6.45) is 4.47. The molecule has 0 saturated heterocycles. The first-order chi connectivity index (χ1) is 11.5. The number of para-hydroxylation sites is 1. The van der Waals surface area contributed by atoms with Crippen molar-refractivity contribution in [1.29, 1.82) is 0 Å². The number of benzene rings is 1. The van der Waals surface area contributed by atoms with Crippen molar-refractivity contribution in [3.05, 3.63) is 57.4 Å². The normalized spacial score (nSPS) is 10.5. The van der Waals surface area contributed by atoms with E-state index in [1.54, 1.807) is 6.07 Å². The first-order valence-electron chi connectivity index (χ1n) is 6.80. The Morgan fingerprint density at radius 1 is 1.17 bits per heavy atom. The minimum Gasteiger partial charge on any atom is -0.320 e. The molecule has 3 rings (SSSR count). The fourth-order valence-electron chi connectivity index (χ4n) is 1.91. The summed E-state index contributed by atoms with van der Waals surface area (Å²) in [4.78, 5) is 24.9. The third-order valence-electron chi connectivity index (χ3n) is 3.07. The monoisotopic (exact) mass is 379 g/mol. The van der Waals surface area contributed by atoms with E-state index in [9.17, 15) is 4.79 Å². The Balaban J connectivity index is 1.76. The summed E-state index contributed by atoms with van der Waals surface area (Å²) in [6.45, 7) is 1.87. The molecule has 0 saturated carbocycles. The predicted molar refractivity (Wildman–Crippen MR) is 96.6 cm³/mol. The number of hydrogen-bond donors (Lipinski definition) is 2. The summed E-state index contributed by atoms with van der Waals surface area (Å²) < 4.78 is 0. The number of halogens is 2. The number of aryl methyl sites for hydroxylation is 1. The number of nitrogens with one attached hydrogen (secondary N) is 2. The standard InChI is InChI=1S/C15H11Cl2N5OS/c1-8-3-2-4-9(16)11(8)21-14(23)10-7-20-15(24-10)22-13-12(17)18-5-6-19-13/h2-7H,1H3,(H,21,23)(H,19,20,22). The van der Waals surface area contributed by atoms with Gasteiger partial charge in [0.05, 0.1) is 16.9 Å². The van der Waals surface area contributed by atoms with Gasteiger partial charge in [-0.3, -0.25) is 4.79 Å². The molecule has 1 amide bonds. The average molecular weight is 380 g/mol. The van der Waals surface area contributed by atoms with Gasteiger partial charge in [0.1, 0.15) is 4.88 Å². The summed E-state index contributed by atoms with van der Waals surface area (Å²) in [5, 5.41) is 6.93. The Morgan fingerprint density at radius 2 is 1.96 bits per heavy atom. The van der Waals surface area contributed by atoms with E-state index >= 15 is 0 Å². The number of anilines is 3. The predicted octanol–water partition coefficient (Wildman–Crippen LogP) is 4.54. The van der Waals surface area contributed by atoms with Crippen molar-refractivity contribution < 1.29 is 4.79 Å². The molecule has 0 bridgehead atoms. The van der Waals surface area contributed by atoms with E-state index in [1.165, 1.54) is 29.9 Å². The molecule has 2 heterocycles. The first kappa shape index (κ1) is 16.6. The largest absolute Gasteiger partial charge is 0.320 e. The number of thiazole rings is 1. The highest BCUT2D eigenvalue weighted by molar-refractivity contribution is 7.17. The van der Waals surface area contributed by atoms with Gasteiger partial charge >= 0.3 is 0 Å². The molecule has 1 aromatic carbocycles. The van der Waals surface area contributed by atoms with Gasteiger partial charge in [-0.15, -0.1) is 0 Å². The van der Waals surface area contributed by atoms with E-state index in [1.807, 2.05) is 19.1 Å². The lowest BCUT2D eigenvalue weighted by molar-refractivity contribution is 0.103. The summed E-state index contributed by atoms with van der Waals surface area (Å²) in [5.74, 6) is 0.0874. The molecule has 0 spiro atoms. The highest BCUT2D eigenvalue weighted by atomic mass is 35.5. The lowest BCUT2D eigenvalue weighted by Crippen LogP contribution is -2.11. The number of carbonyl (C=O) groups is 1. The van der Waals surface area contributed by atoms with E-state index in [4.69, 9.17) is 23.2 Å². The SMILES string of the molecule is Cc1cccc(Cl)c1NC(=O)c1cnc(Nc2nccnc2Cl)s1. The van der Waals surface area contributed by atoms with Crippen LogP contribution in [0.5, 0.6) is 0 Å². The third kappa shape index (κ3) is 3.64. The smallest absolute Gasteiger partial charge is 0.267 e. The molecule has 0 atom stereocenters. The van der Waals surface area contributed by atoms with Crippen molar-refractivity contribution in [2.24, 2.45) is 0 Å². The first-order valence-corrected chi connectivity index (χ1v) is 8.37. The molecule has 122 valence electrons. The van der Waals surface area contributed by atoms with Crippen molar-refractivity contribution in [3.8, 4) is 0 Å². The van der Waals surface area contributed by atoms with Crippen LogP contribution in [0.2, 0.25) is 10.2 Å². The van der Waals surface area contributed by atoms with Crippen molar-refractivity contribution in [2.75, 3.05) is 10.6 Å². The van der Waals surface area contributed by atoms with Gasteiger partial charge in [0, 0.05) is 12.4 Å². The second-order valence-corrected chi connectivity index (χ2v) is 6.53. The number of amides is 1. The summed E-state index contributed by atoms with van der Waals surface area (Å²) in [5.41, 5.74) is 1.47. The van der Waals surface area contributed by atoms with E-state index in [2.05, 4.69) is 25.6 Å². The molecule has 0 aliphatic rings. The molecule has 0 aliphatic carbocycles. The molecule has 24 heavy (non-hydrogen) atoms. The molecule has 6 nitrogen and oxygen atoms in total. The summed E-state index contributed by atoms with van der Waals surface area (Å²) in [7, 11) is 0. The number of rotatable bonds is 4. The molecule has 0 unspecified atom stereocenters. The van der Waals surface area contributed by atoms with Crippen LogP contribution in [0.15, 0.2) is 36.8 Å². The Bertz CT molecular complexity index is 879. The Labute approximate surface area is 151 Å². The van der Waals surface area contributed by atoms with Gasteiger partial charge in [0.2, 0.25) is 0 Å². The van der Waals surface area contributed by atoms with E-state index in [0.717, 1.165) is 5.56 Å². The minimum atomic E-state index is -0.290. The Kier molecular flexibility index (Phi) is 4.94. The molecule has 0 aliphatic heterocycles. The minimum absolute atomic E-state index is 0.227. The fraction of sp³-hybridized carbons (Fsp3) is 0.0667. The van der Waals surface area contributed by atoms with Gasteiger partial charge in [0.25, 0.3) is 5.91 Å². The van der Waals surface area contributed by atoms with Crippen LogP contribution in [0.4, 0.5) is 16.6 Å². The van der Waals surface area contributed by atoms with Gasteiger partial charge in [-0.1, -0.05) is 46.7 Å². The molecule has 0 radical (unpaired) electrons. The molecule has 2 N–H and O–H groups in total. The molecular weight excluding hydrogens is 369 g/mol. The number of nitrogens with zero attached hydrogens (tertiary/aromatic N) is 3. The second-order valence-electron chi connectivity index (χ2n) is 4.74. The molecule has 9 heteroatoms. The zero-order valence-corrected chi connectivity index (χ0v) is 14.7. The highest BCUT2D eigenvalue weighted by Crippen LogP contribution is 2.28. The zero-order valence-electron chi connectivity index (χ0n) is 12.4. The topological polar surface area (TPSA) is 79.8 Å². The van der Waals surface area contributed by atoms with Crippen LogP contribution in [0.3, 0.4) is 0 Å². The number of carbonyl (C=O) groups excluding carboxylic acids is 1. The molecule has 3 aromatic rings. The van der Waals surface area contributed by atoms with Gasteiger partial charge in [-0.05, 0) is 18.6 Å². The van der Waals surface area contributed by atoms with Gasteiger partial charge < -0.3 is 10.6 Å². The molecule has 2 aromatic heterocycles. The third-order valence-corrected chi connectivity index (χ3v) is 4.57.